The van der Waals surface area contributed by atoms with E-state index in [1.807, 2.05) is 95.8 Å². The Hall–Kier alpha value is -11.5. The van der Waals surface area contributed by atoms with Gasteiger partial charge in [0.25, 0.3) is 5.56 Å². The number of piperidine rings is 5. The third kappa shape index (κ3) is 26.9. The standard InChI is InChI=1S/C25H26FN7S.C14H19N5O.C14H21N5.C14H20N4.C9H10ClN3.C9H11N3O.C5H9N3.C5H11N.Cl3OP/c1-4-19-23(24-28-21(14-16(2)33(24)30-19)32-12-6-5-7-13-32)31(3)25-29-22(20(15-27)34-25)17-8-10-18(26)11-9-17;1-3-11-13(17-20)14-15-12(9-10(2)19(14)16-11)18-7-5-4-6-8-18;1-3-11-13(15)14-16-12(9-10(2)19(14)17-11)18-7-5-4-6-8-18;1-3-12-10-14-15-13(9-11(2)18(14)16-12)17-7-5-4-6-8-17;1-3-7-5-9-11-8(10)4-6(2)13(9)12-7;1-3-7-5-8-10-9(13)4-6(2)12(8)11-7;1-2-4-3-5(6)8-7-4;1-2-4-6-5-3-1;1-5(2,3)4/h8-11,14H,4-7,12-13H2,1-3H3;9H,3-8H2,1-2H3;9H,3-8,15H2,1-2H3;9-10H,3-8H2,1-2H3;4-5H,3H2,1-2H3;4-5H,3H2,1-2H3,(H,10,13);3H,2H2,1H3,(H3,6,7,8);6H,1-5H2;. The molecule has 41 heteroatoms. The molecule has 5 aliphatic heterocycles. The Morgan fingerprint density at radius 1 is 0.493 bits per heavy atom. The van der Waals surface area contributed by atoms with Gasteiger partial charge in [-0.15, -0.1) is 4.91 Å². The Kier molecular flexibility index (Phi) is 37.3. The number of nitrogen functional groups attached to an aromatic ring is 2. The fourth-order valence-electron chi connectivity index (χ4n) is 16.7. The van der Waals surface area contributed by atoms with Crippen LogP contribution in [-0.2, 0) is 49.5 Å². The maximum Gasteiger partial charge on any atom is 0.339 e. The summed E-state index contributed by atoms with van der Waals surface area (Å²) in [4.78, 5) is 64.9. The summed E-state index contributed by atoms with van der Waals surface area (Å²) in [6.07, 6.45) is 25.2. The van der Waals surface area contributed by atoms with E-state index in [2.05, 4.69) is 193 Å². The van der Waals surface area contributed by atoms with E-state index in [1.165, 1.54) is 139 Å². The van der Waals surface area contributed by atoms with Crippen molar-refractivity contribution in [2.75, 3.05) is 108 Å². The molecule has 0 atom stereocenters. The number of nitroso groups, excluding NO2 is 1. The van der Waals surface area contributed by atoms with Gasteiger partial charge in [-0.3, -0.25) is 14.5 Å². The smallest absolute Gasteiger partial charge is 0.339 e. The van der Waals surface area contributed by atoms with Crippen molar-refractivity contribution in [3.63, 3.8) is 0 Å². The summed E-state index contributed by atoms with van der Waals surface area (Å²) in [6.45, 7) is 37.5. The molecule has 136 heavy (non-hydrogen) atoms. The lowest BCUT2D eigenvalue weighted by Gasteiger charge is -2.28. The van der Waals surface area contributed by atoms with Gasteiger partial charge in [0.15, 0.2) is 39.1 Å². The van der Waals surface area contributed by atoms with Crippen molar-refractivity contribution < 1.29 is 8.96 Å². The van der Waals surface area contributed by atoms with Gasteiger partial charge in [-0.05, 0) is 259 Å². The number of aromatic amines is 2. The molecular weight excluding hydrogens is 1850 g/mol. The van der Waals surface area contributed by atoms with Crippen molar-refractivity contribution in [2.24, 2.45) is 5.18 Å². The molecule has 0 spiro atoms. The van der Waals surface area contributed by atoms with E-state index in [-0.39, 0.29) is 11.4 Å². The number of hydrogen-bond donors (Lipinski definition) is 5. The quantitative estimate of drug-likeness (QED) is 0.0361. The molecular formula is C95H127Cl4FN31O3PS. The Bertz CT molecular complexity index is 6640. The first-order valence-corrected chi connectivity index (χ1v) is 52.9. The molecule has 726 valence electrons. The lowest BCUT2D eigenvalue weighted by molar-refractivity contribution is 0.520. The summed E-state index contributed by atoms with van der Waals surface area (Å²) in [5.41, 5.74) is 32.4. The number of nitrogens with zero attached hydrogens (tertiary/aromatic N) is 26. The van der Waals surface area contributed by atoms with Gasteiger partial charge < -0.3 is 46.3 Å². The number of hydrogen-bond acceptors (Lipinski definition) is 27. The Balaban J connectivity index is 0.000000145. The van der Waals surface area contributed by atoms with E-state index >= 15 is 0 Å². The number of aromatic nitrogens is 21. The number of fused-ring (bicyclic) bond motifs is 6. The highest BCUT2D eigenvalue weighted by molar-refractivity contribution is 8.24. The molecule has 0 unspecified atom stereocenters. The average Bonchev–Trinajstić information content (AvgIpc) is 1.63. The van der Waals surface area contributed by atoms with E-state index in [9.17, 15) is 23.9 Å². The van der Waals surface area contributed by atoms with Gasteiger partial charge in [-0.2, -0.15) is 41.0 Å². The largest absolute Gasteiger partial charge is 0.394 e. The number of nitrogens with one attached hydrogen (secondary N) is 3. The second-order valence-corrected chi connectivity index (χ2v) is 42.1. The number of anilines is 8. The van der Waals surface area contributed by atoms with Crippen LogP contribution in [0.5, 0.6) is 0 Å². The highest BCUT2D eigenvalue weighted by atomic mass is 36.0. The molecule has 15 aromatic rings. The Morgan fingerprint density at radius 2 is 0.912 bits per heavy atom. The minimum atomic E-state index is -3.22. The van der Waals surface area contributed by atoms with Crippen molar-refractivity contribution in [3.8, 4) is 17.3 Å². The van der Waals surface area contributed by atoms with Crippen LogP contribution in [0.4, 0.5) is 55.7 Å². The van der Waals surface area contributed by atoms with E-state index in [0.717, 1.165) is 216 Å². The van der Waals surface area contributed by atoms with Gasteiger partial charge in [-0.25, -0.2) is 61.4 Å². The van der Waals surface area contributed by atoms with Crippen molar-refractivity contribution in [1.82, 2.24) is 108 Å². The van der Waals surface area contributed by atoms with Crippen LogP contribution in [-0.4, -0.2) is 175 Å². The molecule has 5 fully saturated rings. The van der Waals surface area contributed by atoms with Crippen LogP contribution >= 0.6 is 61.9 Å². The predicted molar refractivity (Wildman–Crippen MR) is 549 cm³/mol. The van der Waals surface area contributed by atoms with E-state index < -0.39 is 5.20 Å². The van der Waals surface area contributed by atoms with Crippen LogP contribution in [0.25, 0.3) is 45.1 Å². The molecule has 0 radical (unpaired) electrons. The summed E-state index contributed by atoms with van der Waals surface area (Å²) in [5, 5.41) is 47.7. The normalized spacial score (nSPS) is 14.4. The molecule has 19 heterocycles. The first kappa shape index (κ1) is 103. The van der Waals surface area contributed by atoms with Crippen LogP contribution in [0.15, 0.2) is 94.9 Å². The molecule has 0 saturated carbocycles. The van der Waals surface area contributed by atoms with E-state index in [1.54, 1.807) is 33.3 Å². The zero-order chi connectivity index (χ0) is 97.4. The molecule has 20 rings (SSSR count). The number of H-pyrrole nitrogens is 2. The minimum absolute atomic E-state index is 0.0763. The maximum atomic E-state index is 13.4. The second kappa shape index (κ2) is 49.0. The van der Waals surface area contributed by atoms with Gasteiger partial charge in [0.2, 0.25) is 0 Å². The fourth-order valence-corrected chi connectivity index (χ4v) is 17.8. The Morgan fingerprint density at radius 3 is 1.35 bits per heavy atom. The van der Waals surface area contributed by atoms with Crippen molar-refractivity contribution in [1.29, 1.82) is 5.26 Å². The number of thiazole rings is 1. The molecule has 1 aromatic carbocycles. The van der Waals surface area contributed by atoms with Crippen LogP contribution in [0, 0.1) is 63.6 Å². The van der Waals surface area contributed by atoms with Crippen LogP contribution in [0.2, 0.25) is 5.15 Å². The summed E-state index contributed by atoms with van der Waals surface area (Å²) >= 11 is 21.0. The number of benzene rings is 1. The number of nitriles is 1. The number of aryl methyl sites for hydroxylation is 13. The molecule has 5 saturated heterocycles. The molecule has 14 aromatic heterocycles. The summed E-state index contributed by atoms with van der Waals surface area (Å²) in [7, 11) is 1.94. The van der Waals surface area contributed by atoms with Gasteiger partial charge >= 0.3 is 5.20 Å². The fraction of sp³-hybridized carbons (Fsp3) is 0.484. The number of halogens is 5. The molecule has 5 aliphatic rings. The van der Waals surface area contributed by atoms with Crippen LogP contribution < -0.4 is 46.8 Å². The van der Waals surface area contributed by atoms with E-state index in [4.69, 9.17) is 48.1 Å². The van der Waals surface area contributed by atoms with Gasteiger partial charge in [0.05, 0.1) is 34.2 Å². The Labute approximate surface area is 816 Å². The lowest BCUT2D eigenvalue weighted by Crippen LogP contribution is -2.30. The second-order valence-electron chi connectivity index (χ2n) is 34.1. The third-order valence-electron chi connectivity index (χ3n) is 24.0. The van der Waals surface area contributed by atoms with Crippen molar-refractivity contribution in [3.05, 3.63) is 190 Å². The zero-order valence-corrected chi connectivity index (χ0v) is 85.2. The maximum absolute atomic E-state index is 13.4. The molecule has 7 N–H and O–H groups in total. The minimum Gasteiger partial charge on any atom is -0.394 e. The highest BCUT2D eigenvalue weighted by Gasteiger charge is 2.28. The summed E-state index contributed by atoms with van der Waals surface area (Å²) < 4.78 is 33.9. The van der Waals surface area contributed by atoms with Gasteiger partial charge in [-0.1, -0.05) is 77.8 Å². The lowest BCUT2D eigenvalue weighted by atomic mass is 10.1. The van der Waals surface area contributed by atoms with Crippen LogP contribution in [0.1, 0.15) is 224 Å². The highest BCUT2D eigenvalue weighted by Crippen LogP contribution is 2.61. The summed E-state index contributed by atoms with van der Waals surface area (Å²) in [6, 6.07) is 27.9. The first-order valence-electron chi connectivity index (χ1n) is 47.3. The topological polar surface area (TPSA) is 393 Å². The first-order chi connectivity index (χ1) is 65.4. The summed E-state index contributed by atoms with van der Waals surface area (Å²) in [5.74, 6) is 4.32. The number of nitrogens with two attached hydrogens (primary N) is 2. The van der Waals surface area contributed by atoms with Crippen LogP contribution in [0.3, 0.4) is 0 Å². The van der Waals surface area contributed by atoms with Gasteiger partial charge in [0, 0.05) is 159 Å². The average molecular weight is 1980 g/mol. The number of rotatable bonds is 15. The predicted octanol–water partition coefficient (Wildman–Crippen LogP) is 20.5. The SMILES string of the molecule is C1CCNCC1.CCc1cc(N)n[nH]1.CCc1cc2[nH]c(=O)cc(C)n2n1.CCc1cc2nc(Cl)cc(C)n2n1.CCc1cc2nc(N3CCCCC3)cc(C)n2n1.CCc1nn2c(C)cc(N3CCCCC3)nc2c1N.CCc1nn2c(C)cc(N3CCCCC3)nc2c1N(C)c1nc(-c2ccc(F)cc2)c(C#N)s1.CCc1nn2c(C)cc(N3CCCCC3)nc2c1N=O.O=P(Cl)(Cl)Cl. The third-order valence-corrected chi connectivity index (χ3v) is 25.2. The van der Waals surface area contributed by atoms with E-state index in [0.29, 0.717) is 55.7 Å². The zero-order valence-electron chi connectivity index (χ0n) is 80.5. The van der Waals surface area contributed by atoms with Crippen molar-refractivity contribution in [2.45, 2.75) is 231 Å². The monoisotopic (exact) mass is 1970 g/mol. The van der Waals surface area contributed by atoms with Gasteiger partial charge in [0.1, 0.15) is 73.7 Å². The molecule has 0 aliphatic carbocycles. The molecule has 0 amide bonds. The van der Waals surface area contributed by atoms with Crippen molar-refractivity contribution >= 4 is 147 Å². The molecule has 0 bridgehead atoms. The molecule has 34 nitrogen and oxygen atoms in total.